The standard InChI is InChI=1S/C21H23ClFN3O2/c1-13(2)24-21(28)16-5-3-7-19-15(16)6-4-10-26(19)12-20(27)25-18-9-8-14(22)11-17(18)23/h3,5,7-9,11,13H,4,6,10,12H2,1-2H3,(H,24,28)(H,25,27). The summed E-state index contributed by atoms with van der Waals surface area (Å²) in [4.78, 5) is 26.9. The molecule has 2 aromatic rings. The first-order valence-electron chi connectivity index (χ1n) is 9.27. The summed E-state index contributed by atoms with van der Waals surface area (Å²) in [5.74, 6) is -1.01. The summed E-state index contributed by atoms with van der Waals surface area (Å²) in [6.45, 7) is 4.60. The zero-order valence-corrected chi connectivity index (χ0v) is 16.6. The van der Waals surface area contributed by atoms with Gasteiger partial charge in [-0.1, -0.05) is 17.7 Å². The summed E-state index contributed by atoms with van der Waals surface area (Å²) in [6.07, 6.45) is 1.61. The Morgan fingerprint density at radius 2 is 2.04 bits per heavy atom. The van der Waals surface area contributed by atoms with Crippen molar-refractivity contribution in [3.8, 4) is 0 Å². The van der Waals surface area contributed by atoms with Gasteiger partial charge in [-0.05, 0) is 62.6 Å². The maximum Gasteiger partial charge on any atom is 0.251 e. The van der Waals surface area contributed by atoms with Crippen molar-refractivity contribution in [1.82, 2.24) is 5.32 Å². The molecule has 3 rings (SSSR count). The molecule has 2 N–H and O–H groups in total. The van der Waals surface area contributed by atoms with Crippen LogP contribution in [0.1, 0.15) is 36.2 Å². The number of halogens is 2. The zero-order chi connectivity index (χ0) is 20.3. The number of nitrogens with zero attached hydrogens (tertiary/aromatic N) is 1. The quantitative estimate of drug-likeness (QED) is 0.793. The normalized spacial score (nSPS) is 13.2. The number of fused-ring (bicyclic) bond motifs is 1. The number of amides is 2. The van der Waals surface area contributed by atoms with E-state index < -0.39 is 5.82 Å². The second kappa shape index (κ2) is 8.61. The number of carbonyl (C=O) groups is 2. The molecule has 0 radical (unpaired) electrons. The Bertz CT molecular complexity index is 901. The molecule has 1 aliphatic heterocycles. The van der Waals surface area contributed by atoms with Crippen LogP contribution in [-0.2, 0) is 11.2 Å². The van der Waals surface area contributed by atoms with Crippen LogP contribution in [0.25, 0.3) is 0 Å². The molecule has 0 aromatic heterocycles. The fourth-order valence-electron chi connectivity index (χ4n) is 3.37. The van der Waals surface area contributed by atoms with Crippen molar-refractivity contribution < 1.29 is 14.0 Å². The van der Waals surface area contributed by atoms with Crippen LogP contribution in [0.2, 0.25) is 5.02 Å². The maximum atomic E-state index is 13.9. The molecule has 2 aromatic carbocycles. The van der Waals surface area contributed by atoms with E-state index in [-0.39, 0.29) is 35.1 Å². The minimum absolute atomic E-state index is 0.0445. The van der Waals surface area contributed by atoms with Crippen LogP contribution in [0.3, 0.4) is 0 Å². The van der Waals surface area contributed by atoms with Crippen LogP contribution < -0.4 is 15.5 Å². The van der Waals surface area contributed by atoms with Gasteiger partial charge in [0.15, 0.2) is 0 Å². The molecule has 0 fully saturated rings. The van der Waals surface area contributed by atoms with E-state index in [4.69, 9.17) is 11.6 Å². The lowest BCUT2D eigenvalue weighted by Gasteiger charge is -2.32. The van der Waals surface area contributed by atoms with E-state index in [1.807, 2.05) is 36.9 Å². The summed E-state index contributed by atoms with van der Waals surface area (Å²) in [5, 5.41) is 5.78. The van der Waals surface area contributed by atoms with Gasteiger partial charge in [0.25, 0.3) is 5.91 Å². The van der Waals surface area contributed by atoms with Gasteiger partial charge in [-0.3, -0.25) is 9.59 Å². The van der Waals surface area contributed by atoms with Crippen molar-refractivity contribution in [3.05, 3.63) is 58.4 Å². The molecule has 0 saturated carbocycles. The lowest BCUT2D eigenvalue weighted by Crippen LogP contribution is -2.38. The molecule has 0 atom stereocenters. The third-order valence-electron chi connectivity index (χ3n) is 4.55. The van der Waals surface area contributed by atoms with E-state index >= 15 is 0 Å². The summed E-state index contributed by atoms with van der Waals surface area (Å²) >= 11 is 5.74. The predicted octanol–water partition coefficient (Wildman–Crippen LogP) is 4.01. The summed E-state index contributed by atoms with van der Waals surface area (Å²) in [6, 6.07) is 9.71. The smallest absolute Gasteiger partial charge is 0.251 e. The van der Waals surface area contributed by atoms with Crippen LogP contribution >= 0.6 is 11.6 Å². The van der Waals surface area contributed by atoms with Crippen molar-refractivity contribution in [1.29, 1.82) is 0 Å². The van der Waals surface area contributed by atoms with Gasteiger partial charge in [-0.25, -0.2) is 4.39 Å². The molecule has 0 bridgehead atoms. The molecule has 0 unspecified atom stereocenters. The molecule has 0 aliphatic carbocycles. The van der Waals surface area contributed by atoms with Gasteiger partial charge < -0.3 is 15.5 Å². The largest absolute Gasteiger partial charge is 0.362 e. The van der Waals surface area contributed by atoms with Crippen molar-refractivity contribution in [3.63, 3.8) is 0 Å². The summed E-state index contributed by atoms with van der Waals surface area (Å²) in [7, 11) is 0. The van der Waals surface area contributed by atoms with Gasteiger partial charge in [0.1, 0.15) is 5.82 Å². The van der Waals surface area contributed by atoms with Crippen molar-refractivity contribution in [2.45, 2.75) is 32.7 Å². The minimum Gasteiger partial charge on any atom is -0.362 e. The maximum absolute atomic E-state index is 13.9. The molecule has 2 amide bonds. The van der Waals surface area contributed by atoms with Gasteiger partial charge in [0, 0.05) is 28.9 Å². The Balaban J connectivity index is 1.77. The Kier molecular flexibility index (Phi) is 6.19. The van der Waals surface area contributed by atoms with Crippen LogP contribution in [0.5, 0.6) is 0 Å². The van der Waals surface area contributed by atoms with Crippen LogP contribution in [0.4, 0.5) is 15.8 Å². The highest BCUT2D eigenvalue weighted by Crippen LogP contribution is 2.30. The van der Waals surface area contributed by atoms with Gasteiger partial charge in [0.05, 0.1) is 12.2 Å². The van der Waals surface area contributed by atoms with E-state index in [1.165, 1.54) is 12.1 Å². The SMILES string of the molecule is CC(C)NC(=O)c1cccc2c1CCCN2CC(=O)Nc1ccc(Cl)cc1F. The minimum atomic E-state index is -0.576. The number of nitrogens with one attached hydrogen (secondary N) is 2. The summed E-state index contributed by atoms with van der Waals surface area (Å²) in [5.41, 5.74) is 2.54. The number of hydrogen-bond donors (Lipinski definition) is 2. The van der Waals surface area contributed by atoms with E-state index in [0.717, 1.165) is 30.2 Å². The van der Waals surface area contributed by atoms with E-state index in [1.54, 1.807) is 0 Å². The molecular weight excluding hydrogens is 381 g/mol. The number of hydrogen-bond acceptors (Lipinski definition) is 3. The third-order valence-corrected chi connectivity index (χ3v) is 4.79. The molecule has 0 saturated heterocycles. The van der Waals surface area contributed by atoms with Crippen LogP contribution in [0.15, 0.2) is 36.4 Å². The number of anilines is 2. The highest BCUT2D eigenvalue weighted by molar-refractivity contribution is 6.30. The summed E-state index contributed by atoms with van der Waals surface area (Å²) < 4.78 is 13.9. The average Bonchev–Trinajstić information content (AvgIpc) is 2.63. The Hall–Kier alpha value is -2.60. The third kappa shape index (κ3) is 4.62. The Labute approximate surface area is 168 Å². The first-order valence-corrected chi connectivity index (χ1v) is 9.65. The van der Waals surface area contributed by atoms with E-state index in [2.05, 4.69) is 10.6 Å². The van der Waals surface area contributed by atoms with E-state index in [0.29, 0.717) is 12.1 Å². The van der Waals surface area contributed by atoms with Gasteiger partial charge in [-0.2, -0.15) is 0 Å². The molecule has 148 valence electrons. The highest BCUT2D eigenvalue weighted by Gasteiger charge is 2.24. The van der Waals surface area contributed by atoms with E-state index in [9.17, 15) is 14.0 Å². The molecule has 1 aliphatic rings. The molecule has 1 heterocycles. The lowest BCUT2D eigenvalue weighted by atomic mass is 9.95. The molecule has 7 heteroatoms. The van der Waals surface area contributed by atoms with Crippen LogP contribution in [0, 0.1) is 5.82 Å². The second-order valence-corrected chi connectivity index (χ2v) is 7.57. The molecular formula is C21H23ClFN3O2. The fourth-order valence-corrected chi connectivity index (χ4v) is 3.53. The van der Waals surface area contributed by atoms with Gasteiger partial charge in [0.2, 0.25) is 5.91 Å². The van der Waals surface area contributed by atoms with Crippen molar-refractivity contribution in [2.75, 3.05) is 23.3 Å². The molecule has 0 spiro atoms. The molecule has 5 nitrogen and oxygen atoms in total. The zero-order valence-electron chi connectivity index (χ0n) is 15.9. The Morgan fingerprint density at radius 1 is 1.25 bits per heavy atom. The highest BCUT2D eigenvalue weighted by atomic mass is 35.5. The number of carbonyl (C=O) groups excluding carboxylic acids is 2. The Morgan fingerprint density at radius 3 is 2.75 bits per heavy atom. The first-order chi connectivity index (χ1) is 13.3. The lowest BCUT2D eigenvalue weighted by molar-refractivity contribution is -0.115. The second-order valence-electron chi connectivity index (χ2n) is 7.13. The topological polar surface area (TPSA) is 61.4 Å². The first kappa shape index (κ1) is 20.1. The van der Waals surface area contributed by atoms with Crippen molar-refractivity contribution >= 4 is 34.8 Å². The monoisotopic (exact) mass is 403 g/mol. The van der Waals surface area contributed by atoms with Gasteiger partial charge in [-0.15, -0.1) is 0 Å². The molecule has 28 heavy (non-hydrogen) atoms. The number of rotatable bonds is 5. The fraction of sp³-hybridized carbons (Fsp3) is 0.333. The van der Waals surface area contributed by atoms with Gasteiger partial charge >= 0.3 is 0 Å². The average molecular weight is 404 g/mol. The van der Waals surface area contributed by atoms with Crippen LogP contribution in [-0.4, -0.2) is 30.9 Å². The predicted molar refractivity (Wildman–Crippen MR) is 110 cm³/mol. The number of benzene rings is 2. The van der Waals surface area contributed by atoms with Crippen molar-refractivity contribution in [2.24, 2.45) is 0 Å².